The quantitative estimate of drug-likeness (QED) is 0.0314. The molecule has 0 bridgehead atoms. The average Bonchev–Trinajstić information content (AvgIpc) is 3.08. The smallest absolute Gasteiger partial charge is 0.460 e. The first-order valence-corrected chi connectivity index (χ1v) is 19.5. The Bertz CT molecular complexity index is 1550. The van der Waals surface area contributed by atoms with Gasteiger partial charge in [-0.05, 0) is 54.2 Å². The number of benzene rings is 1. The van der Waals surface area contributed by atoms with Crippen molar-refractivity contribution in [3.8, 4) is 5.75 Å². The molecule has 5 nitrogen and oxygen atoms in total. The Morgan fingerprint density at radius 1 is 0.707 bits per heavy atom. The lowest BCUT2D eigenvalue weighted by atomic mass is 9.88. The molecule has 1 aromatic carbocycles. The van der Waals surface area contributed by atoms with Crippen molar-refractivity contribution in [2.45, 2.75) is 126 Å². The third-order valence-electron chi connectivity index (χ3n) is 9.31. The van der Waals surface area contributed by atoms with Crippen LogP contribution in [0.2, 0.25) is 17.1 Å². The van der Waals surface area contributed by atoms with Crippen LogP contribution in [0.25, 0.3) is 0 Å². The number of allylic oxidation sites excluding steroid dienone is 2. The van der Waals surface area contributed by atoms with E-state index in [1.807, 2.05) is 0 Å². The van der Waals surface area contributed by atoms with E-state index in [1.165, 1.54) is 58.0 Å². The van der Waals surface area contributed by atoms with Crippen molar-refractivity contribution in [2.75, 3.05) is 19.8 Å². The topological polar surface area (TPSA) is 65.0 Å². The number of carbonyl (C=O) groups excluding carboxylic acids is 1. The van der Waals surface area contributed by atoms with Crippen molar-refractivity contribution in [1.29, 1.82) is 0 Å². The van der Waals surface area contributed by atoms with Gasteiger partial charge in [0.1, 0.15) is 12.4 Å². The molecule has 0 saturated heterocycles. The lowest BCUT2D eigenvalue weighted by molar-refractivity contribution is -0.461. The molecule has 0 amide bonds. The number of halogens is 17. The molecule has 58 heavy (non-hydrogen) atoms. The number of hydrogen-bond acceptors (Lipinski definition) is 5. The van der Waals surface area contributed by atoms with Gasteiger partial charge in [0.25, 0.3) is 0 Å². The van der Waals surface area contributed by atoms with Crippen molar-refractivity contribution < 1.29 is 98.4 Å². The van der Waals surface area contributed by atoms with Crippen LogP contribution in [0.15, 0.2) is 48.1 Å². The summed E-state index contributed by atoms with van der Waals surface area (Å²) in [6, 6.07) is 4.49. The Morgan fingerprint density at radius 3 is 1.59 bits per heavy atom. The van der Waals surface area contributed by atoms with Gasteiger partial charge in [-0.15, -0.1) is 0 Å². The first-order chi connectivity index (χ1) is 26.0. The summed E-state index contributed by atoms with van der Waals surface area (Å²) < 4.78 is 250. The highest BCUT2D eigenvalue weighted by Gasteiger charge is 2.95. The van der Waals surface area contributed by atoms with E-state index in [0.29, 0.717) is 11.1 Å². The summed E-state index contributed by atoms with van der Waals surface area (Å²) in [5.41, 5.74) is -0.726. The standard InChI is InChI=1S/C35H43F17O5Si/c1-8-55-26(53)19-22(6)9-10-23(7)27(54)24-11-13-25(14-12-24)56-16-17-57-58(20(2)3,21(4)5)18-15-28(36,37)29(38,39)30(40,41)31(42,43)32(44,45)33(46,47)34(48,49)35(50,51)52/h9-14,19-21,23,27,54H,8,15-18H2,1-7H3/b10-9+,22-19+/t23-,27+/m0/s1. The van der Waals surface area contributed by atoms with Gasteiger partial charge in [-0.2, -0.15) is 74.6 Å². The fourth-order valence-corrected chi connectivity index (χ4v) is 10.1. The number of aliphatic hydroxyl groups excluding tert-OH is 1. The number of aliphatic hydroxyl groups is 1. The zero-order valence-electron chi connectivity index (χ0n) is 31.9. The molecule has 0 aliphatic heterocycles. The average molecular weight is 895 g/mol. The number of rotatable bonds is 22. The van der Waals surface area contributed by atoms with Crippen molar-refractivity contribution in [1.82, 2.24) is 0 Å². The van der Waals surface area contributed by atoms with Gasteiger partial charge >= 0.3 is 53.6 Å². The van der Waals surface area contributed by atoms with Gasteiger partial charge in [0, 0.05) is 18.4 Å². The normalized spacial score (nSPS) is 16.0. The molecule has 0 unspecified atom stereocenters. The largest absolute Gasteiger partial charge is 0.491 e. The van der Waals surface area contributed by atoms with Crippen LogP contribution in [0.5, 0.6) is 5.75 Å². The molecule has 0 fully saturated rings. The zero-order chi connectivity index (χ0) is 45.7. The summed E-state index contributed by atoms with van der Waals surface area (Å²) in [5.74, 6) is -57.5. The monoisotopic (exact) mass is 894 g/mol. The van der Waals surface area contributed by atoms with Crippen LogP contribution >= 0.6 is 0 Å². The zero-order valence-corrected chi connectivity index (χ0v) is 32.9. The minimum absolute atomic E-state index is 0.169. The van der Waals surface area contributed by atoms with Gasteiger partial charge < -0.3 is 19.0 Å². The van der Waals surface area contributed by atoms with E-state index in [0.717, 1.165) is 0 Å². The van der Waals surface area contributed by atoms with E-state index in [-0.39, 0.29) is 19.0 Å². The number of hydrogen-bond donors (Lipinski definition) is 1. The first-order valence-electron chi connectivity index (χ1n) is 17.3. The molecule has 0 aliphatic rings. The van der Waals surface area contributed by atoms with Gasteiger partial charge in [0.15, 0.2) is 8.32 Å². The first kappa shape index (κ1) is 52.9. The van der Waals surface area contributed by atoms with Gasteiger partial charge in [-0.1, -0.05) is 58.9 Å². The number of alkyl halides is 17. The highest BCUT2D eigenvalue weighted by molar-refractivity contribution is 6.76. The molecular weight excluding hydrogens is 851 g/mol. The van der Waals surface area contributed by atoms with Crippen molar-refractivity contribution in [3.63, 3.8) is 0 Å². The highest BCUT2D eigenvalue weighted by atomic mass is 28.4. The molecule has 1 N–H and O–H groups in total. The van der Waals surface area contributed by atoms with Crippen LogP contribution in [-0.2, 0) is 14.0 Å². The second-order valence-electron chi connectivity index (χ2n) is 14.0. The molecular formula is C35H43F17O5Si. The molecule has 336 valence electrons. The Balaban J connectivity index is 3.18. The molecule has 0 aromatic heterocycles. The van der Waals surface area contributed by atoms with Gasteiger partial charge in [0.2, 0.25) is 0 Å². The minimum Gasteiger partial charge on any atom is -0.491 e. The lowest BCUT2D eigenvalue weighted by Crippen LogP contribution is -2.74. The van der Waals surface area contributed by atoms with Crippen LogP contribution in [0.3, 0.4) is 0 Å². The molecule has 0 heterocycles. The molecule has 2 atom stereocenters. The highest BCUT2D eigenvalue weighted by Crippen LogP contribution is 2.64. The fraction of sp³-hybridized carbons (Fsp3) is 0.686. The third-order valence-corrected chi connectivity index (χ3v) is 15.0. The SMILES string of the molecule is CCOC(=O)/C=C(C)/C=C/[C@H](C)[C@@H](O)c1ccc(OCCO[Si](CCC(F)(F)C(F)(F)C(F)(F)C(F)(F)C(F)(F)C(F)(F)C(F)(F)C(F)(F)F)(C(C)C)C(C)C)cc1. The van der Waals surface area contributed by atoms with E-state index >= 15 is 0 Å². The van der Waals surface area contributed by atoms with Crippen LogP contribution in [0, 0.1) is 5.92 Å². The summed E-state index contributed by atoms with van der Waals surface area (Å²) in [5, 5.41) is 10.7. The lowest BCUT2D eigenvalue weighted by Gasteiger charge is -2.44. The summed E-state index contributed by atoms with van der Waals surface area (Å²) in [6.07, 6.45) is -6.89. The van der Waals surface area contributed by atoms with E-state index in [4.69, 9.17) is 13.9 Å². The molecule has 23 heteroatoms. The van der Waals surface area contributed by atoms with Crippen molar-refractivity contribution >= 4 is 14.3 Å². The maximum Gasteiger partial charge on any atom is 0.460 e. The fourth-order valence-electron chi connectivity index (χ4n) is 5.64. The summed E-state index contributed by atoms with van der Waals surface area (Å²) in [4.78, 5) is 11.6. The molecule has 1 rings (SSSR count). The molecule has 0 aliphatic carbocycles. The molecule has 0 spiro atoms. The van der Waals surface area contributed by atoms with Crippen LogP contribution in [0.1, 0.15) is 66.6 Å². The minimum atomic E-state index is -8.68. The Hall–Kier alpha value is -3.08. The number of esters is 1. The number of carbonyl (C=O) groups is 1. The summed E-state index contributed by atoms with van der Waals surface area (Å²) in [6.45, 7) is 9.60. The molecule has 1 aromatic rings. The number of ether oxygens (including phenoxy) is 2. The Kier molecular flexibility index (Phi) is 17.0. The Labute approximate surface area is 323 Å². The third kappa shape index (κ3) is 10.4. The van der Waals surface area contributed by atoms with E-state index in [2.05, 4.69) is 0 Å². The van der Waals surface area contributed by atoms with Gasteiger partial charge in [0.05, 0.1) is 19.3 Å². The van der Waals surface area contributed by atoms with Gasteiger partial charge in [-0.25, -0.2) is 4.79 Å². The predicted octanol–water partition coefficient (Wildman–Crippen LogP) is 12.0. The van der Waals surface area contributed by atoms with E-state index in [9.17, 15) is 84.5 Å². The van der Waals surface area contributed by atoms with E-state index < -0.39 is 104 Å². The Morgan fingerprint density at radius 2 is 1.16 bits per heavy atom. The van der Waals surface area contributed by atoms with Crippen molar-refractivity contribution in [2.24, 2.45) is 5.92 Å². The second-order valence-corrected chi connectivity index (χ2v) is 19.0. The predicted molar refractivity (Wildman–Crippen MR) is 178 cm³/mol. The maximum absolute atomic E-state index is 14.9. The second kappa shape index (κ2) is 18.7. The maximum atomic E-state index is 14.9. The van der Waals surface area contributed by atoms with E-state index in [1.54, 1.807) is 32.9 Å². The summed E-state index contributed by atoms with van der Waals surface area (Å²) >= 11 is 0. The van der Waals surface area contributed by atoms with Crippen LogP contribution in [-0.4, -0.2) is 86.8 Å². The van der Waals surface area contributed by atoms with Crippen LogP contribution < -0.4 is 4.74 Å². The van der Waals surface area contributed by atoms with Crippen LogP contribution in [0.4, 0.5) is 74.6 Å². The van der Waals surface area contributed by atoms with Crippen molar-refractivity contribution in [3.05, 3.63) is 53.6 Å². The molecule has 0 saturated carbocycles. The summed E-state index contributed by atoms with van der Waals surface area (Å²) in [7, 11) is -3.95. The molecule has 0 radical (unpaired) electrons. The van der Waals surface area contributed by atoms with Gasteiger partial charge in [-0.3, -0.25) is 0 Å².